The summed E-state index contributed by atoms with van der Waals surface area (Å²) >= 11 is 0. The molecule has 0 saturated heterocycles. The van der Waals surface area contributed by atoms with Crippen LogP contribution in [-0.2, 0) is 11.3 Å². The Morgan fingerprint density at radius 1 is 1.08 bits per heavy atom. The van der Waals surface area contributed by atoms with Gasteiger partial charge in [0.25, 0.3) is 0 Å². The van der Waals surface area contributed by atoms with E-state index in [0.717, 1.165) is 24.8 Å². The van der Waals surface area contributed by atoms with Gasteiger partial charge in [0, 0.05) is 18.7 Å². The number of benzene rings is 1. The molecule has 1 heterocycles. The predicted molar refractivity (Wildman–Crippen MR) is 96.2 cm³/mol. The van der Waals surface area contributed by atoms with E-state index < -0.39 is 6.09 Å². The molecule has 2 aromatic rings. The molecule has 0 spiro atoms. The van der Waals surface area contributed by atoms with E-state index in [4.69, 9.17) is 4.74 Å². The number of nitrogens with zero attached hydrogens (tertiary/aromatic N) is 1. The number of ketones is 1. The smallest absolute Gasteiger partial charge is 0.407 e. The summed E-state index contributed by atoms with van der Waals surface area (Å²) in [6.07, 6.45) is 3.65. The molecule has 25 heavy (non-hydrogen) atoms. The fourth-order valence-electron chi connectivity index (χ4n) is 2.43. The molecule has 1 amide bonds. The highest BCUT2D eigenvalue weighted by molar-refractivity contribution is 5.95. The molecule has 1 unspecified atom stereocenters. The number of unbranched alkanes of at least 4 members (excludes halogenated alkanes) is 1. The Labute approximate surface area is 148 Å². The maximum absolute atomic E-state index is 12.2. The first kappa shape index (κ1) is 18.6. The van der Waals surface area contributed by atoms with Crippen molar-refractivity contribution in [2.75, 3.05) is 6.54 Å². The molecule has 5 nitrogen and oxygen atoms in total. The molecule has 1 N–H and O–H groups in total. The lowest BCUT2D eigenvalue weighted by atomic mass is 9.97. The number of ether oxygens (including phenoxy) is 1. The quantitative estimate of drug-likeness (QED) is 0.553. The Bertz CT molecular complexity index is 659. The van der Waals surface area contributed by atoms with E-state index >= 15 is 0 Å². The van der Waals surface area contributed by atoms with Gasteiger partial charge in [-0.3, -0.25) is 9.78 Å². The summed E-state index contributed by atoms with van der Waals surface area (Å²) in [5, 5.41) is 2.73. The van der Waals surface area contributed by atoms with Crippen LogP contribution in [0.3, 0.4) is 0 Å². The Balaban J connectivity index is 1.56. The third-order valence-corrected chi connectivity index (χ3v) is 3.91. The van der Waals surface area contributed by atoms with Gasteiger partial charge in [-0.25, -0.2) is 4.79 Å². The minimum Gasteiger partial charge on any atom is -0.445 e. The van der Waals surface area contributed by atoms with E-state index in [1.165, 1.54) is 0 Å². The topological polar surface area (TPSA) is 68.3 Å². The van der Waals surface area contributed by atoms with E-state index in [-0.39, 0.29) is 18.3 Å². The van der Waals surface area contributed by atoms with E-state index in [1.54, 1.807) is 18.3 Å². The number of nitrogens with one attached hydrogen (secondary N) is 1. The summed E-state index contributed by atoms with van der Waals surface area (Å²) in [5.41, 5.74) is 1.47. The summed E-state index contributed by atoms with van der Waals surface area (Å²) in [4.78, 5) is 27.9. The second-order valence-electron chi connectivity index (χ2n) is 5.96. The van der Waals surface area contributed by atoms with Crippen LogP contribution < -0.4 is 5.32 Å². The van der Waals surface area contributed by atoms with Crippen LogP contribution >= 0.6 is 0 Å². The first-order chi connectivity index (χ1) is 12.2. The lowest BCUT2D eigenvalue weighted by Gasteiger charge is -2.10. The van der Waals surface area contributed by atoms with E-state index in [1.807, 2.05) is 43.3 Å². The number of amides is 1. The Hall–Kier alpha value is -2.69. The van der Waals surface area contributed by atoms with Crippen LogP contribution in [-0.4, -0.2) is 23.4 Å². The molecule has 2 rings (SSSR count). The monoisotopic (exact) mass is 340 g/mol. The van der Waals surface area contributed by atoms with Gasteiger partial charge in [-0.1, -0.05) is 49.7 Å². The molecule has 1 aromatic heterocycles. The molecule has 1 atom stereocenters. The van der Waals surface area contributed by atoms with Gasteiger partial charge in [0.2, 0.25) is 0 Å². The van der Waals surface area contributed by atoms with Crippen LogP contribution in [0, 0.1) is 5.92 Å². The number of Topliss-reactive ketones (excluding diaryl/α,β-unsaturated/α-hetero) is 1. The maximum Gasteiger partial charge on any atom is 0.407 e. The molecule has 0 aliphatic carbocycles. The number of rotatable bonds is 9. The average Bonchev–Trinajstić information content (AvgIpc) is 2.67. The lowest BCUT2D eigenvalue weighted by molar-refractivity contribution is 0.0916. The summed E-state index contributed by atoms with van der Waals surface area (Å²) < 4.78 is 5.14. The van der Waals surface area contributed by atoms with Gasteiger partial charge in [-0.2, -0.15) is 0 Å². The van der Waals surface area contributed by atoms with Crippen molar-refractivity contribution in [2.45, 2.75) is 32.8 Å². The molecule has 132 valence electrons. The van der Waals surface area contributed by atoms with Crippen LogP contribution in [0.25, 0.3) is 0 Å². The third kappa shape index (κ3) is 6.75. The van der Waals surface area contributed by atoms with Crippen LogP contribution in [0.4, 0.5) is 4.79 Å². The van der Waals surface area contributed by atoms with Gasteiger partial charge in [-0.15, -0.1) is 0 Å². The molecule has 0 aliphatic heterocycles. The summed E-state index contributed by atoms with van der Waals surface area (Å²) in [6.45, 7) is 2.72. The number of carbonyl (C=O) groups is 2. The minimum absolute atomic E-state index is 0.0656. The minimum atomic E-state index is -0.415. The van der Waals surface area contributed by atoms with Gasteiger partial charge >= 0.3 is 6.09 Å². The molecular weight excluding hydrogens is 316 g/mol. The number of hydrogen-bond acceptors (Lipinski definition) is 4. The van der Waals surface area contributed by atoms with Gasteiger partial charge in [-0.05, 0) is 30.5 Å². The van der Waals surface area contributed by atoms with Crippen molar-refractivity contribution in [2.24, 2.45) is 5.92 Å². The van der Waals surface area contributed by atoms with E-state index in [2.05, 4.69) is 10.3 Å². The molecule has 0 fully saturated rings. The van der Waals surface area contributed by atoms with Crippen LogP contribution in [0.2, 0.25) is 0 Å². The van der Waals surface area contributed by atoms with Crippen molar-refractivity contribution in [3.8, 4) is 0 Å². The highest BCUT2D eigenvalue weighted by Gasteiger charge is 2.15. The molecule has 5 heteroatoms. The lowest BCUT2D eigenvalue weighted by Crippen LogP contribution is -2.25. The highest BCUT2D eigenvalue weighted by Crippen LogP contribution is 2.13. The molecular formula is C20H24N2O3. The SMILES string of the molecule is CC(CCCCNC(=O)OCc1ccccc1)C(=O)c1ccccn1. The number of alkyl carbamates (subject to hydrolysis) is 1. The molecule has 1 aromatic carbocycles. The number of aromatic nitrogens is 1. The predicted octanol–water partition coefficient (Wildman–Crippen LogP) is 4.00. The molecule has 0 saturated carbocycles. The Kier molecular flexibility index (Phi) is 7.63. The second kappa shape index (κ2) is 10.2. The standard InChI is InChI=1S/C20H24N2O3/c1-16(19(23)18-12-6-8-13-21-18)9-5-7-14-22-20(24)25-15-17-10-3-2-4-11-17/h2-4,6,8,10-13,16H,5,7,9,14-15H2,1H3,(H,22,24). The van der Waals surface area contributed by atoms with Crippen molar-refractivity contribution < 1.29 is 14.3 Å². The van der Waals surface area contributed by atoms with Crippen molar-refractivity contribution in [1.29, 1.82) is 0 Å². The second-order valence-corrected chi connectivity index (χ2v) is 5.96. The highest BCUT2D eigenvalue weighted by atomic mass is 16.5. The van der Waals surface area contributed by atoms with Gasteiger partial charge < -0.3 is 10.1 Å². The van der Waals surface area contributed by atoms with Crippen molar-refractivity contribution >= 4 is 11.9 Å². The zero-order chi connectivity index (χ0) is 17.9. The third-order valence-electron chi connectivity index (χ3n) is 3.91. The number of hydrogen-bond donors (Lipinski definition) is 1. The van der Waals surface area contributed by atoms with Crippen LogP contribution in [0.5, 0.6) is 0 Å². The molecule has 0 bridgehead atoms. The van der Waals surface area contributed by atoms with E-state index in [9.17, 15) is 9.59 Å². The maximum atomic E-state index is 12.2. The van der Waals surface area contributed by atoms with Gasteiger partial charge in [0.15, 0.2) is 5.78 Å². The molecule has 0 radical (unpaired) electrons. The fraction of sp³-hybridized carbons (Fsp3) is 0.350. The number of carbonyl (C=O) groups excluding carboxylic acids is 2. The van der Waals surface area contributed by atoms with Crippen molar-refractivity contribution in [3.63, 3.8) is 0 Å². The first-order valence-corrected chi connectivity index (χ1v) is 8.56. The number of pyridine rings is 1. The van der Waals surface area contributed by atoms with Crippen LogP contribution in [0.15, 0.2) is 54.7 Å². The Morgan fingerprint density at radius 2 is 1.84 bits per heavy atom. The molecule has 0 aliphatic rings. The Morgan fingerprint density at radius 3 is 2.56 bits per heavy atom. The van der Waals surface area contributed by atoms with E-state index in [0.29, 0.717) is 12.2 Å². The normalized spacial score (nSPS) is 11.6. The average molecular weight is 340 g/mol. The first-order valence-electron chi connectivity index (χ1n) is 8.56. The van der Waals surface area contributed by atoms with Gasteiger partial charge in [0.1, 0.15) is 12.3 Å². The van der Waals surface area contributed by atoms with Crippen LogP contribution in [0.1, 0.15) is 42.2 Å². The zero-order valence-electron chi connectivity index (χ0n) is 14.5. The van der Waals surface area contributed by atoms with Gasteiger partial charge in [0.05, 0.1) is 0 Å². The summed E-state index contributed by atoms with van der Waals surface area (Å²) in [5.74, 6) is -0.00392. The fourth-order valence-corrected chi connectivity index (χ4v) is 2.43. The van der Waals surface area contributed by atoms with Crippen molar-refractivity contribution in [1.82, 2.24) is 10.3 Å². The summed E-state index contributed by atoms with van der Waals surface area (Å²) in [7, 11) is 0. The summed E-state index contributed by atoms with van der Waals surface area (Å²) in [6, 6.07) is 14.9. The zero-order valence-corrected chi connectivity index (χ0v) is 14.5. The largest absolute Gasteiger partial charge is 0.445 e. The van der Waals surface area contributed by atoms with Crippen molar-refractivity contribution in [3.05, 3.63) is 66.0 Å².